The van der Waals surface area contributed by atoms with Gasteiger partial charge in [0.2, 0.25) is 0 Å². The molecule has 0 N–H and O–H groups in total. The Bertz CT molecular complexity index is 1020. The molecule has 23 heavy (non-hydrogen) atoms. The minimum atomic E-state index is -0.244. The average Bonchev–Trinajstić information content (AvgIpc) is 3.06. The third-order valence-electron chi connectivity index (χ3n) is 3.53. The number of aryl methyl sites for hydroxylation is 2. The van der Waals surface area contributed by atoms with Gasteiger partial charge in [-0.15, -0.1) is 17.8 Å². The number of carbonyl (C=O) groups is 1. The van der Waals surface area contributed by atoms with E-state index in [1.54, 1.807) is 6.07 Å². The Kier molecular flexibility index (Phi) is 4.53. The van der Waals surface area contributed by atoms with E-state index in [0.717, 1.165) is 14.0 Å². The predicted octanol–water partition coefficient (Wildman–Crippen LogP) is 4.52. The zero-order chi connectivity index (χ0) is 16.6. The fourth-order valence-corrected chi connectivity index (χ4v) is 4.60. The number of hydrogen-bond donors (Lipinski definition) is 0. The molecule has 0 aliphatic rings. The van der Waals surface area contributed by atoms with Crippen LogP contribution in [0.25, 0.3) is 10.2 Å². The number of halogens is 1. The summed E-state index contributed by atoms with van der Waals surface area (Å²) in [6, 6.07) is 7.84. The summed E-state index contributed by atoms with van der Waals surface area (Å²) in [5.74, 6) is 2.40. The molecule has 0 aliphatic carbocycles. The summed E-state index contributed by atoms with van der Waals surface area (Å²) in [6.45, 7) is 4.53. The van der Waals surface area contributed by atoms with Crippen molar-refractivity contribution in [2.45, 2.75) is 20.4 Å². The normalized spacial score (nSPS) is 11.8. The molecule has 2 heterocycles. The Hall–Kier alpha value is -1.68. The van der Waals surface area contributed by atoms with Gasteiger partial charge in [-0.2, -0.15) is 4.99 Å². The van der Waals surface area contributed by atoms with Gasteiger partial charge in [0, 0.05) is 0 Å². The SMILES string of the molecule is C#CCn1c(=NC(=O)c2ccc(Br)s2)sc2cc(C)c(C)cc21. The maximum atomic E-state index is 12.4. The Morgan fingerprint density at radius 2 is 2.04 bits per heavy atom. The maximum Gasteiger partial charge on any atom is 0.289 e. The minimum absolute atomic E-state index is 0.244. The number of thiazole rings is 1. The number of aromatic nitrogens is 1. The minimum Gasteiger partial charge on any atom is -0.305 e. The smallest absolute Gasteiger partial charge is 0.289 e. The van der Waals surface area contributed by atoms with Crippen LogP contribution < -0.4 is 4.80 Å². The van der Waals surface area contributed by atoms with E-state index < -0.39 is 0 Å². The van der Waals surface area contributed by atoms with Crippen LogP contribution in [0.15, 0.2) is 33.0 Å². The zero-order valence-electron chi connectivity index (χ0n) is 12.6. The summed E-state index contributed by atoms with van der Waals surface area (Å²) in [6.07, 6.45) is 5.50. The van der Waals surface area contributed by atoms with Gasteiger partial charge >= 0.3 is 0 Å². The monoisotopic (exact) mass is 404 g/mol. The summed E-state index contributed by atoms with van der Waals surface area (Å²) in [5, 5.41) is 0. The van der Waals surface area contributed by atoms with Gasteiger partial charge in [-0.05, 0) is 65.2 Å². The van der Waals surface area contributed by atoms with Gasteiger partial charge in [-0.25, -0.2) is 0 Å². The van der Waals surface area contributed by atoms with E-state index in [2.05, 4.69) is 52.8 Å². The Labute approximate surface area is 150 Å². The van der Waals surface area contributed by atoms with Crippen LogP contribution in [0.4, 0.5) is 0 Å². The number of amides is 1. The lowest BCUT2D eigenvalue weighted by Gasteiger charge is -2.03. The zero-order valence-corrected chi connectivity index (χ0v) is 15.8. The highest BCUT2D eigenvalue weighted by atomic mass is 79.9. The molecule has 0 fully saturated rings. The van der Waals surface area contributed by atoms with Gasteiger partial charge < -0.3 is 4.57 Å². The third kappa shape index (κ3) is 3.18. The molecule has 0 saturated heterocycles. The van der Waals surface area contributed by atoms with Crippen molar-refractivity contribution in [3.05, 3.63) is 48.9 Å². The van der Waals surface area contributed by atoms with Gasteiger partial charge in [0.05, 0.1) is 25.4 Å². The van der Waals surface area contributed by atoms with Crippen LogP contribution in [-0.4, -0.2) is 10.5 Å². The van der Waals surface area contributed by atoms with Crippen molar-refractivity contribution < 1.29 is 4.79 Å². The quantitative estimate of drug-likeness (QED) is 0.578. The number of carbonyl (C=O) groups excluding carboxylic acids is 1. The van der Waals surface area contributed by atoms with Crippen molar-refractivity contribution in [3.63, 3.8) is 0 Å². The van der Waals surface area contributed by atoms with Crippen LogP contribution in [0, 0.1) is 26.2 Å². The van der Waals surface area contributed by atoms with Gasteiger partial charge in [-0.3, -0.25) is 4.79 Å². The molecule has 6 heteroatoms. The molecule has 1 amide bonds. The lowest BCUT2D eigenvalue weighted by atomic mass is 10.1. The third-order valence-corrected chi connectivity index (χ3v) is 6.18. The first-order valence-corrected chi connectivity index (χ1v) is 9.30. The molecule has 1 aromatic carbocycles. The van der Waals surface area contributed by atoms with Crippen LogP contribution in [0.5, 0.6) is 0 Å². The van der Waals surface area contributed by atoms with Crippen molar-refractivity contribution in [2.24, 2.45) is 4.99 Å². The first-order valence-electron chi connectivity index (χ1n) is 6.88. The van der Waals surface area contributed by atoms with Crippen molar-refractivity contribution >= 4 is 54.7 Å². The Morgan fingerprint density at radius 1 is 1.30 bits per heavy atom. The number of hydrogen-bond acceptors (Lipinski definition) is 3. The maximum absolute atomic E-state index is 12.4. The molecule has 2 aromatic heterocycles. The van der Waals surface area contributed by atoms with Crippen LogP contribution in [0.2, 0.25) is 0 Å². The van der Waals surface area contributed by atoms with Crippen molar-refractivity contribution in [2.75, 3.05) is 0 Å². The van der Waals surface area contributed by atoms with Crippen molar-refractivity contribution in [1.29, 1.82) is 0 Å². The molecule has 0 unspecified atom stereocenters. The molecule has 0 atom stereocenters. The van der Waals surface area contributed by atoms with E-state index in [1.165, 1.54) is 33.8 Å². The number of benzene rings is 1. The number of thiophene rings is 1. The lowest BCUT2D eigenvalue weighted by Crippen LogP contribution is -2.16. The Morgan fingerprint density at radius 3 is 2.70 bits per heavy atom. The second kappa shape index (κ2) is 6.44. The van der Waals surface area contributed by atoms with Gasteiger partial charge in [0.15, 0.2) is 4.80 Å². The topological polar surface area (TPSA) is 34.4 Å². The standard InChI is InChI=1S/C17H13BrN2OS2/c1-4-7-20-12-8-10(2)11(3)9-14(12)23-17(20)19-16(21)13-5-6-15(18)22-13/h1,5-6,8-9H,7H2,2-3H3. The molecule has 116 valence electrons. The number of nitrogens with zero attached hydrogens (tertiary/aromatic N) is 2. The number of fused-ring (bicyclic) bond motifs is 1. The molecule has 3 rings (SSSR count). The highest BCUT2D eigenvalue weighted by Crippen LogP contribution is 2.24. The fraction of sp³-hybridized carbons (Fsp3) is 0.176. The number of rotatable bonds is 2. The first-order chi connectivity index (χ1) is 11.0. The predicted molar refractivity (Wildman–Crippen MR) is 100 cm³/mol. The molecule has 0 saturated carbocycles. The van der Waals surface area contributed by atoms with E-state index in [0.29, 0.717) is 16.2 Å². The first kappa shape index (κ1) is 16.2. The second-order valence-corrected chi connectivity index (χ2v) is 8.57. The fourth-order valence-electron chi connectivity index (χ4n) is 2.22. The highest BCUT2D eigenvalue weighted by Gasteiger charge is 2.11. The summed E-state index contributed by atoms with van der Waals surface area (Å²) >= 11 is 6.23. The van der Waals surface area contributed by atoms with Crippen molar-refractivity contribution in [1.82, 2.24) is 4.57 Å². The van der Waals surface area contributed by atoms with Gasteiger partial charge in [0.25, 0.3) is 5.91 Å². The van der Waals surface area contributed by atoms with E-state index in [1.807, 2.05) is 10.6 Å². The molecule has 3 aromatic rings. The van der Waals surface area contributed by atoms with Crippen LogP contribution in [0.1, 0.15) is 20.8 Å². The van der Waals surface area contributed by atoms with E-state index in [-0.39, 0.29) is 5.91 Å². The molecule has 0 bridgehead atoms. The van der Waals surface area contributed by atoms with Crippen LogP contribution >= 0.6 is 38.6 Å². The summed E-state index contributed by atoms with van der Waals surface area (Å²) in [4.78, 5) is 17.9. The molecular weight excluding hydrogens is 392 g/mol. The largest absolute Gasteiger partial charge is 0.305 e. The Balaban J connectivity index is 2.20. The lowest BCUT2D eigenvalue weighted by molar-refractivity contribution is 0.100. The van der Waals surface area contributed by atoms with Crippen LogP contribution in [-0.2, 0) is 6.54 Å². The highest BCUT2D eigenvalue weighted by molar-refractivity contribution is 9.11. The molecule has 0 radical (unpaired) electrons. The van der Waals surface area contributed by atoms with Gasteiger partial charge in [-0.1, -0.05) is 17.3 Å². The number of terminal acetylenes is 1. The second-order valence-electron chi connectivity index (χ2n) is 5.10. The molecule has 0 spiro atoms. The molecule has 0 aliphatic heterocycles. The molecular formula is C17H13BrN2OS2. The van der Waals surface area contributed by atoms with E-state index >= 15 is 0 Å². The van der Waals surface area contributed by atoms with Crippen LogP contribution in [0.3, 0.4) is 0 Å². The van der Waals surface area contributed by atoms with Gasteiger partial charge in [0.1, 0.15) is 0 Å². The van der Waals surface area contributed by atoms with E-state index in [9.17, 15) is 4.79 Å². The van der Waals surface area contributed by atoms with E-state index in [4.69, 9.17) is 6.42 Å². The summed E-state index contributed by atoms with van der Waals surface area (Å²) in [5.41, 5.74) is 3.43. The average molecular weight is 405 g/mol. The molecule has 3 nitrogen and oxygen atoms in total. The summed E-state index contributed by atoms with van der Waals surface area (Å²) in [7, 11) is 0. The van der Waals surface area contributed by atoms with Crippen molar-refractivity contribution in [3.8, 4) is 12.3 Å². The summed E-state index contributed by atoms with van der Waals surface area (Å²) < 4.78 is 3.92.